The van der Waals surface area contributed by atoms with E-state index < -0.39 is 0 Å². The number of hydrogen-bond acceptors (Lipinski definition) is 2. The predicted molar refractivity (Wildman–Crippen MR) is 67.1 cm³/mol. The molecule has 0 bridgehead atoms. The van der Waals surface area contributed by atoms with Gasteiger partial charge in [-0.2, -0.15) is 11.8 Å². The molecule has 0 unspecified atom stereocenters. The standard InChI is InChI=1S/C8H15Br2NOS/c1-8(5-9,6-10)11-7(12)3-4-13-2/h3-6H2,1-2H3,(H,11,12). The van der Waals surface area contributed by atoms with Gasteiger partial charge in [-0.1, -0.05) is 31.9 Å². The normalized spacial score (nSPS) is 11.4. The Labute approximate surface area is 101 Å². The van der Waals surface area contributed by atoms with E-state index in [1.807, 2.05) is 13.2 Å². The number of alkyl halides is 2. The van der Waals surface area contributed by atoms with Gasteiger partial charge in [0.05, 0.1) is 5.54 Å². The lowest BCUT2D eigenvalue weighted by molar-refractivity contribution is -0.121. The van der Waals surface area contributed by atoms with Crippen molar-refractivity contribution in [2.24, 2.45) is 0 Å². The summed E-state index contributed by atoms with van der Waals surface area (Å²) in [5, 5.41) is 4.50. The predicted octanol–water partition coefficient (Wildman–Crippen LogP) is 2.40. The second kappa shape index (κ2) is 7.12. The molecule has 0 saturated carbocycles. The number of nitrogens with one attached hydrogen (secondary N) is 1. The van der Waals surface area contributed by atoms with Gasteiger partial charge in [0.2, 0.25) is 5.91 Å². The molecule has 0 radical (unpaired) electrons. The van der Waals surface area contributed by atoms with E-state index in [4.69, 9.17) is 0 Å². The molecule has 13 heavy (non-hydrogen) atoms. The number of halogens is 2. The van der Waals surface area contributed by atoms with Gasteiger partial charge < -0.3 is 5.32 Å². The van der Waals surface area contributed by atoms with Crippen molar-refractivity contribution in [3.63, 3.8) is 0 Å². The first-order valence-corrected chi connectivity index (χ1v) is 7.63. The van der Waals surface area contributed by atoms with E-state index in [2.05, 4.69) is 37.2 Å². The summed E-state index contributed by atoms with van der Waals surface area (Å²) in [5.74, 6) is 1.00. The maximum atomic E-state index is 11.4. The number of hydrogen-bond donors (Lipinski definition) is 1. The third-order valence-electron chi connectivity index (χ3n) is 1.56. The number of carbonyl (C=O) groups excluding carboxylic acids is 1. The van der Waals surface area contributed by atoms with Crippen LogP contribution in [0.4, 0.5) is 0 Å². The third-order valence-corrected chi connectivity index (χ3v) is 4.65. The number of amides is 1. The van der Waals surface area contributed by atoms with Gasteiger partial charge in [0.25, 0.3) is 0 Å². The molecule has 1 amide bonds. The molecule has 1 N–H and O–H groups in total. The minimum absolute atomic E-state index is 0.121. The maximum absolute atomic E-state index is 11.4. The highest BCUT2D eigenvalue weighted by molar-refractivity contribution is 9.09. The van der Waals surface area contributed by atoms with Gasteiger partial charge in [-0.05, 0) is 13.2 Å². The largest absolute Gasteiger partial charge is 0.349 e. The highest BCUT2D eigenvalue weighted by Crippen LogP contribution is 2.11. The van der Waals surface area contributed by atoms with E-state index in [0.29, 0.717) is 6.42 Å². The summed E-state index contributed by atoms with van der Waals surface area (Å²) in [5.41, 5.74) is -0.171. The number of carbonyl (C=O) groups is 1. The molecule has 5 heteroatoms. The summed E-state index contributed by atoms with van der Waals surface area (Å²) in [7, 11) is 0. The van der Waals surface area contributed by atoms with Crippen LogP contribution in [0.1, 0.15) is 13.3 Å². The number of thioether (sulfide) groups is 1. The fraction of sp³-hybridized carbons (Fsp3) is 0.875. The third kappa shape index (κ3) is 5.96. The Balaban J connectivity index is 3.87. The molecule has 0 heterocycles. The van der Waals surface area contributed by atoms with Crippen molar-refractivity contribution in [1.82, 2.24) is 5.32 Å². The topological polar surface area (TPSA) is 29.1 Å². The fourth-order valence-corrected chi connectivity index (χ4v) is 2.29. The molecule has 0 fully saturated rings. The smallest absolute Gasteiger partial charge is 0.221 e. The van der Waals surface area contributed by atoms with Crippen molar-refractivity contribution in [3.8, 4) is 0 Å². The van der Waals surface area contributed by atoms with E-state index in [-0.39, 0.29) is 11.4 Å². The monoisotopic (exact) mass is 331 g/mol. The zero-order valence-corrected chi connectivity index (χ0v) is 11.9. The summed E-state index contributed by atoms with van der Waals surface area (Å²) in [4.78, 5) is 11.4. The minimum atomic E-state index is -0.171. The van der Waals surface area contributed by atoms with E-state index in [1.54, 1.807) is 11.8 Å². The lowest BCUT2D eigenvalue weighted by Gasteiger charge is -2.26. The minimum Gasteiger partial charge on any atom is -0.349 e. The van der Waals surface area contributed by atoms with E-state index in [9.17, 15) is 4.79 Å². The van der Waals surface area contributed by atoms with Crippen molar-refractivity contribution >= 4 is 49.5 Å². The van der Waals surface area contributed by atoms with E-state index in [1.165, 1.54) is 0 Å². The van der Waals surface area contributed by atoms with Crippen LogP contribution in [-0.4, -0.2) is 34.1 Å². The van der Waals surface area contributed by atoms with Crippen LogP contribution in [0.5, 0.6) is 0 Å². The first kappa shape index (κ1) is 13.8. The average molecular weight is 333 g/mol. The molecule has 0 aromatic rings. The molecule has 0 aromatic heterocycles. The average Bonchev–Trinajstić information content (AvgIpc) is 2.14. The van der Waals surface area contributed by atoms with E-state index >= 15 is 0 Å². The Hall–Kier alpha value is 0.780. The van der Waals surface area contributed by atoms with Crippen molar-refractivity contribution in [1.29, 1.82) is 0 Å². The van der Waals surface area contributed by atoms with Gasteiger partial charge in [0.1, 0.15) is 0 Å². The lowest BCUT2D eigenvalue weighted by Crippen LogP contribution is -2.49. The summed E-state index contributed by atoms with van der Waals surface area (Å²) in [6.45, 7) is 2.01. The van der Waals surface area contributed by atoms with Crippen molar-refractivity contribution in [3.05, 3.63) is 0 Å². The summed E-state index contributed by atoms with van der Waals surface area (Å²) in [6, 6.07) is 0. The molecule has 0 aliphatic heterocycles. The Morgan fingerprint density at radius 3 is 2.38 bits per heavy atom. The van der Waals surface area contributed by atoms with Crippen LogP contribution < -0.4 is 5.32 Å². The molecule has 0 rings (SSSR count). The molecule has 0 spiro atoms. The Morgan fingerprint density at radius 2 is 2.00 bits per heavy atom. The van der Waals surface area contributed by atoms with Crippen molar-refractivity contribution < 1.29 is 4.79 Å². The van der Waals surface area contributed by atoms with Crippen LogP contribution in [0.15, 0.2) is 0 Å². The second-order valence-corrected chi connectivity index (χ2v) is 5.23. The Kier molecular flexibility index (Phi) is 7.55. The Bertz CT molecular complexity index is 162. The molecule has 0 atom stereocenters. The maximum Gasteiger partial charge on any atom is 0.221 e. The quantitative estimate of drug-likeness (QED) is 0.757. The van der Waals surface area contributed by atoms with Gasteiger partial charge in [0.15, 0.2) is 0 Å². The molecule has 0 saturated heterocycles. The van der Waals surface area contributed by atoms with Gasteiger partial charge in [-0.3, -0.25) is 4.79 Å². The van der Waals surface area contributed by atoms with Crippen molar-refractivity contribution in [2.45, 2.75) is 18.9 Å². The molecular weight excluding hydrogens is 318 g/mol. The molecule has 0 aliphatic rings. The number of rotatable bonds is 6. The lowest BCUT2D eigenvalue weighted by atomic mass is 10.1. The van der Waals surface area contributed by atoms with E-state index in [0.717, 1.165) is 16.4 Å². The summed E-state index contributed by atoms with van der Waals surface area (Å²) in [6.07, 6.45) is 2.60. The van der Waals surface area contributed by atoms with Crippen LogP contribution in [0, 0.1) is 0 Å². The van der Waals surface area contributed by atoms with Gasteiger partial charge >= 0.3 is 0 Å². The highest BCUT2D eigenvalue weighted by Gasteiger charge is 2.22. The van der Waals surface area contributed by atoms with Crippen LogP contribution in [0.3, 0.4) is 0 Å². The van der Waals surface area contributed by atoms with Crippen molar-refractivity contribution in [2.75, 3.05) is 22.7 Å². The van der Waals surface area contributed by atoms with Gasteiger partial charge in [0, 0.05) is 22.8 Å². The fourth-order valence-electron chi connectivity index (χ4n) is 0.696. The zero-order valence-electron chi connectivity index (χ0n) is 7.90. The molecule has 0 aromatic carbocycles. The Morgan fingerprint density at radius 1 is 1.46 bits per heavy atom. The first-order valence-electron chi connectivity index (χ1n) is 4.00. The second-order valence-electron chi connectivity index (χ2n) is 3.12. The summed E-state index contributed by atoms with van der Waals surface area (Å²) < 4.78 is 0. The molecular formula is C8H15Br2NOS. The molecule has 0 aliphatic carbocycles. The highest BCUT2D eigenvalue weighted by atomic mass is 79.9. The van der Waals surface area contributed by atoms with Crippen LogP contribution in [0.2, 0.25) is 0 Å². The van der Waals surface area contributed by atoms with Crippen LogP contribution in [0.25, 0.3) is 0 Å². The van der Waals surface area contributed by atoms with Gasteiger partial charge in [-0.15, -0.1) is 0 Å². The van der Waals surface area contributed by atoms with Crippen LogP contribution in [-0.2, 0) is 4.79 Å². The van der Waals surface area contributed by atoms with Crippen LogP contribution >= 0.6 is 43.6 Å². The first-order chi connectivity index (χ1) is 6.08. The summed E-state index contributed by atoms with van der Waals surface area (Å²) >= 11 is 8.44. The SMILES string of the molecule is CSCCC(=O)NC(C)(CBr)CBr. The molecule has 78 valence electrons. The molecule has 2 nitrogen and oxygen atoms in total. The van der Waals surface area contributed by atoms with Gasteiger partial charge in [-0.25, -0.2) is 0 Å². The zero-order chi connectivity index (χ0) is 10.3.